The van der Waals surface area contributed by atoms with Crippen LogP contribution in [0.2, 0.25) is 0 Å². The quantitative estimate of drug-likeness (QED) is 0.589. The van der Waals surface area contributed by atoms with Crippen molar-refractivity contribution in [1.82, 2.24) is 4.98 Å². The molecule has 1 amide bonds. The lowest BCUT2D eigenvalue weighted by Gasteiger charge is -2.32. The van der Waals surface area contributed by atoms with Crippen LogP contribution in [0.25, 0.3) is 22.2 Å². The number of rotatable bonds is 3. The highest BCUT2D eigenvalue weighted by Gasteiger charge is 2.43. The van der Waals surface area contributed by atoms with E-state index in [-0.39, 0.29) is 17.5 Å². The van der Waals surface area contributed by atoms with Gasteiger partial charge in [-0.3, -0.25) is 9.59 Å². The number of Topliss-reactive ketones (excluding diaryl/α,β-unsaturated/α-hetero) is 1. The third kappa shape index (κ3) is 3.96. The smallest absolute Gasteiger partial charge is 0.224 e. The molecule has 162 valence electrons. The van der Waals surface area contributed by atoms with Gasteiger partial charge >= 0.3 is 0 Å². The number of ketones is 1. The predicted molar refractivity (Wildman–Crippen MR) is 112 cm³/mol. The number of benzene rings is 2. The fourth-order valence-corrected chi connectivity index (χ4v) is 4.20. The predicted octanol–water partition coefficient (Wildman–Crippen LogP) is 5.36. The third-order valence-corrected chi connectivity index (χ3v) is 6.28. The minimum absolute atomic E-state index is 0.135. The van der Waals surface area contributed by atoms with E-state index in [0.29, 0.717) is 29.7 Å². The molecule has 1 heterocycles. The molecule has 0 spiro atoms. The highest BCUT2D eigenvalue weighted by Crippen LogP contribution is 2.45. The molecule has 0 saturated heterocycles. The molecule has 2 saturated carbocycles. The Morgan fingerprint density at radius 1 is 1.06 bits per heavy atom. The lowest BCUT2D eigenvalue weighted by atomic mass is 9.69. The summed E-state index contributed by atoms with van der Waals surface area (Å²) in [5.41, 5.74) is 7.32. The Morgan fingerprint density at radius 2 is 1.71 bits per heavy atom. The van der Waals surface area contributed by atoms with Crippen LogP contribution >= 0.6 is 0 Å². The average molecular weight is 428 g/mol. The van der Waals surface area contributed by atoms with Gasteiger partial charge in [-0.25, -0.2) is 13.2 Å². The zero-order valence-corrected chi connectivity index (χ0v) is 17.1. The highest BCUT2D eigenvalue weighted by molar-refractivity contribution is 5.98. The van der Waals surface area contributed by atoms with Gasteiger partial charge in [-0.1, -0.05) is 6.42 Å². The molecule has 3 N–H and O–H groups in total. The number of primary amides is 1. The number of aromatic amines is 1. The van der Waals surface area contributed by atoms with Crippen LogP contribution in [-0.2, 0) is 9.59 Å². The molecule has 2 aromatic carbocycles. The minimum atomic E-state index is -0.594. The number of nitrogens with one attached hydrogen (secondary N) is 1. The van der Waals surface area contributed by atoms with Crippen molar-refractivity contribution in [3.05, 3.63) is 59.4 Å². The van der Waals surface area contributed by atoms with E-state index in [1.807, 2.05) is 0 Å². The molecule has 3 aromatic rings. The Labute approximate surface area is 177 Å². The summed E-state index contributed by atoms with van der Waals surface area (Å²) in [7, 11) is 0. The van der Waals surface area contributed by atoms with Crippen molar-refractivity contribution in [2.24, 2.45) is 11.1 Å². The second kappa shape index (κ2) is 7.87. The number of amides is 1. The van der Waals surface area contributed by atoms with Crippen LogP contribution in [0.1, 0.15) is 50.5 Å². The van der Waals surface area contributed by atoms with Crippen molar-refractivity contribution in [2.45, 2.75) is 44.9 Å². The first-order chi connectivity index (χ1) is 14.7. The summed E-state index contributed by atoms with van der Waals surface area (Å²) in [5.74, 6) is -1.41. The number of carbonyl (C=O) groups excluding carboxylic acids is 2. The summed E-state index contributed by atoms with van der Waals surface area (Å²) < 4.78 is 40.8. The van der Waals surface area contributed by atoms with Crippen molar-refractivity contribution < 1.29 is 22.8 Å². The molecular weight excluding hydrogens is 405 g/mol. The number of halogens is 3. The van der Waals surface area contributed by atoms with E-state index in [1.54, 1.807) is 19.1 Å². The van der Waals surface area contributed by atoms with Gasteiger partial charge in [-0.2, -0.15) is 0 Å². The maximum Gasteiger partial charge on any atom is 0.224 e. The molecule has 31 heavy (non-hydrogen) atoms. The molecule has 2 aliphatic rings. The molecule has 1 aromatic heterocycles. The van der Waals surface area contributed by atoms with E-state index < -0.39 is 17.0 Å². The Bertz CT molecular complexity index is 1160. The number of fused-ring (bicyclic) bond motifs is 1. The lowest BCUT2D eigenvalue weighted by Crippen LogP contribution is -2.45. The molecule has 2 fully saturated rings. The maximum atomic E-state index is 14.1. The van der Waals surface area contributed by atoms with Gasteiger partial charge < -0.3 is 10.7 Å². The Hall–Kier alpha value is -3.09. The van der Waals surface area contributed by atoms with Crippen molar-refractivity contribution in [2.75, 3.05) is 0 Å². The monoisotopic (exact) mass is 428 g/mol. The zero-order chi connectivity index (χ0) is 22.3. The fourth-order valence-electron chi connectivity index (χ4n) is 4.20. The van der Waals surface area contributed by atoms with Crippen LogP contribution < -0.4 is 5.73 Å². The molecule has 0 aliphatic heterocycles. The molecule has 7 heteroatoms. The second-order valence-electron chi connectivity index (χ2n) is 8.68. The van der Waals surface area contributed by atoms with E-state index in [2.05, 4.69) is 4.98 Å². The first kappa shape index (κ1) is 21.2. The standard InChI is InChI=1S/C18H14F3N.C6H9NO2/c19-12-6-4-11(5-7-12)17-16(10-2-1-3-10)14-8-13(20)9-15(21)18(14)22-17;1-6(5(7)9)2-4(8)3-6/h4-10,22H,1-3H2;2-3H2,1H3,(H2,7,9). The fraction of sp³-hybridized carbons (Fsp3) is 0.333. The summed E-state index contributed by atoms with van der Waals surface area (Å²) >= 11 is 0. The number of hydrogen-bond acceptors (Lipinski definition) is 2. The summed E-state index contributed by atoms with van der Waals surface area (Å²) in [5, 5.41) is 0.599. The molecule has 4 nitrogen and oxygen atoms in total. The minimum Gasteiger partial charge on any atom is -0.369 e. The number of nitrogens with two attached hydrogens (primary N) is 1. The number of aromatic nitrogens is 1. The van der Waals surface area contributed by atoms with Gasteiger partial charge in [0.1, 0.15) is 23.2 Å². The SMILES string of the molecule is CC1(C(N)=O)CC(=O)C1.Fc1ccc(-c2[nH]c3c(F)cc(F)cc3c2C2CCC2)cc1. The van der Waals surface area contributed by atoms with Crippen molar-refractivity contribution in [1.29, 1.82) is 0 Å². The van der Waals surface area contributed by atoms with Crippen LogP contribution in [0.15, 0.2) is 36.4 Å². The third-order valence-electron chi connectivity index (χ3n) is 6.28. The van der Waals surface area contributed by atoms with Gasteiger partial charge in [0.25, 0.3) is 0 Å². The molecular formula is C24H23F3N2O2. The van der Waals surface area contributed by atoms with Crippen molar-refractivity contribution in [3.63, 3.8) is 0 Å². The van der Waals surface area contributed by atoms with E-state index in [0.717, 1.165) is 42.1 Å². The summed E-state index contributed by atoms with van der Waals surface area (Å²) in [6.07, 6.45) is 3.82. The molecule has 5 rings (SSSR count). The Morgan fingerprint density at radius 3 is 2.19 bits per heavy atom. The normalized spacial score (nSPS) is 17.5. The van der Waals surface area contributed by atoms with Crippen LogP contribution in [0.3, 0.4) is 0 Å². The Balaban J connectivity index is 0.000000217. The molecule has 0 atom stereocenters. The summed E-state index contributed by atoms with van der Waals surface area (Å²) in [6, 6.07) is 8.35. The number of carbonyl (C=O) groups is 2. The van der Waals surface area contributed by atoms with Gasteiger partial charge in [0, 0.05) is 24.3 Å². The van der Waals surface area contributed by atoms with Gasteiger partial charge in [0.2, 0.25) is 5.91 Å². The van der Waals surface area contributed by atoms with Crippen LogP contribution in [0.5, 0.6) is 0 Å². The maximum absolute atomic E-state index is 14.1. The number of hydrogen-bond donors (Lipinski definition) is 2. The lowest BCUT2D eigenvalue weighted by molar-refractivity contribution is -0.143. The van der Waals surface area contributed by atoms with Crippen LogP contribution in [0.4, 0.5) is 13.2 Å². The number of H-pyrrole nitrogens is 1. The molecule has 0 unspecified atom stereocenters. The first-order valence-corrected chi connectivity index (χ1v) is 10.3. The topological polar surface area (TPSA) is 76.0 Å². The van der Waals surface area contributed by atoms with Gasteiger partial charge in [-0.05, 0) is 67.1 Å². The van der Waals surface area contributed by atoms with Crippen molar-refractivity contribution in [3.8, 4) is 11.3 Å². The van der Waals surface area contributed by atoms with Crippen LogP contribution in [-0.4, -0.2) is 16.7 Å². The second-order valence-corrected chi connectivity index (χ2v) is 8.68. The largest absolute Gasteiger partial charge is 0.369 e. The summed E-state index contributed by atoms with van der Waals surface area (Å²) in [6.45, 7) is 1.72. The van der Waals surface area contributed by atoms with E-state index >= 15 is 0 Å². The molecule has 0 radical (unpaired) electrons. The highest BCUT2D eigenvalue weighted by atomic mass is 19.1. The van der Waals surface area contributed by atoms with Gasteiger partial charge in [0.05, 0.1) is 16.6 Å². The van der Waals surface area contributed by atoms with Gasteiger partial charge in [-0.15, -0.1) is 0 Å². The van der Waals surface area contributed by atoms with Gasteiger partial charge in [0.15, 0.2) is 0 Å². The Kier molecular flexibility index (Phi) is 5.37. The molecule has 2 aliphatic carbocycles. The molecule has 0 bridgehead atoms. The van der Waals surface area contributed by atoms with E-state index in [9.17, 15) is 22.8 Å². The first-order valence-electron chi connectivity index (χ1n) is 10.3. The van der Waals surface area contributed by atoms with Crippen molar-refractivity contribution >= 4 is 22.6 Å². The van der Waals surface area contributed by atoms with Crippen LogP contribution in [0, 0.1) is 22.9 Å². The zero-order valence-electron chi connectivity index (χ0n) is 17.1. The van der Waals surface area contributed by atoms with E-state index in [1.165, 1.54) is 18.2 Å². The summed E-state index contributed by atoms with van der Waals surface area (Å²) in [4.78, 5) is 24.0. The average Bonchev–Trinajstić information content (AvgIpc) is 3.00. The van der Waals surface area contributed by atoms with E-state index in [4.69, 9.17) is 5.73 Å².